The number of methoxy groups -OCH3 is 1. The maximum atomic E-state index is 11.9. The molecule has 1 fully saturated rings. The smallest absolute Gasteiger partial charge is 0.410 e. The van der Waals surface area contributed by atoms with E-state index in [0.717, 1.165) is 12.2 Å². The van der Waals surface area contributed by atoms with E-state index in [-0.39, 0.29) is 29.2 Å². The van der Waals surface area contributed by atoms with E-state index in [0.29, 0.717) is 13.2 Å². The Morgan fingerprint density at radius 2 is 2.00 bits per heavy atom. The Balaban J connectivity index is 2.19. The van der Waals surface area contributed by atoms with Crippen LogP contribution >= 0.6 is 0 Å². The minimum absolute atomic E-state index is 0.0155. The lowest BCUT2D eigenvalue weighted by Crippen LogP contribution is -2.51. The molecule has 0 aromatic heterocycles. The Kier molecular flexibility index (Phi) is 5.16. The van der Waals surface area contributed by atoms with E-state index in [1.54, 1.807) is 12.0 Å². The van der Waals surface area contributed by atoms with E-state index in [1.165, 1.54) is 0 Å². The van der Waals surface area contributed by atoms with Gasteiger partial charge in [0.05, 0.1) is 24.4 Å². The van der Waals surface area contributed by atoms with Crippen LogP contribution in [0.1, 0.15) is 34.1 Å². The van der Waals surface area contributed by atoms with Crippen LogP contribution in [0, 0.1) is 5.92 Å². The molecule has 1 amide bonds. The third-order valence-corrected chi connectivity index (χ3v) is 9.79. The summed E-state index contributed by atoms with van der Waals surface area (Å²) in [5.41, 5.74) is 0. The number of cyclic esters (lactones) is 1. The molecule has 1 aliphatic heterocycles. The fraction of sp³-hybridized carbons (Fsp3) is 0.824. The highest BCUT2D eigenvalue weighted by atomic mass is 28.4. The Labute approximate surface area is 141 Å². The maximum Gasteiger partial charge on any atom is 0.410 e. The lowest BCUT2D eigenvalue weighted by Gasteiger charge is -2.42. The number of hydrogen-bond donors (Lipinski definition) is 0. The van der Waals surface area contributed by atoms with Gasteiger partial charge in [-0.15, -0.1) is 0 Å². The van der Waals surface area contributed by atoms with E-state index in [1.807, 2.05) is 0 Å². The van der Waals surface area contributed by atoms with Crippen molar-refractivity contribution >= 4 is 14.4 Å². The minimum Gasteiger partial charge on any atom is -0.547 e. The van der Waals surface area contributed by atoms with Crippen LogP contribution < -0.4 is 0 Å². The molecule has 0 saturated carbocycles. The molecule has 1 saturated heterocycles. The van der Waals surface area contributed by atoms with E-state index in [2.05, 4.69) is 46.9 Å². The van der Waals surface area contributed by atoms with Gasteiger partial charge in [0.1, 0.15) is 6.61 Å². The van der Waals surface area contributed by atoms with E-state index >= 15 is 0 Å². The van der Waals surface area contributed by atoms with Crippen molar-refractivity contribution < 1.29 is 18.7 Å². The Morgan fingerprint density at radius 3 is 2.48 bits per heavy atom. The lowest BCUT2D eigenvalue weighted by atomic mass is 9.86. The fourth-order valence-electron chi connectivity index (χ4n) is 3.04. The normalized spacial score (nSPS) is 29.3. The van der Waals surface area contributed by atoms with Gasteiger partial charge in [0.15, 0.2) is 0 Å². The van der Waals surface area contributed by atoms with Gasteiger partial charge in [0, 0.05) is 13.5 Å². The van der Waals surface area contributed by atoms with Gasteiger partial charge in [-0.1, -0.05) is 27.7 Å². The summed E-state index contributed by atoms with van der Waals surface area (Å²) in [7, 11) is -0.168. The van der Waals surface area contributed by atoms with Crippen molar-refractivity contribution in [2.24, 2.45) is 5.92 Å². The molecule has 2 rings (SSSR count). The second-order valence-electron chi connectivity index (χ2n) is 8.18. The van der Waals surface area contributed by atoms with E-state index in [9.17, 15) is 4.79 Å². The second kappa shape index (κ2) is 6.47. The predicted molar refractivity (Wildman–Crippen MR) is 92.8 cm³/mol. The van der Waals surface area contributed by atoms with Crippen LogP contribution in [0.2, 0.25) is 18.1 Å². The van der Waals surface area contributed by atoms with Gasteiger partial charge < -0.3 is 13.9 Å². The summed E-state index contributed by atoms with van der Waals surface area (Å²) < 4.78 is 17.2. The minimum atomic E-state index is -1.86. The Hall–Kier alpha value is -1.01. The van der Waals surface area contributed by atoms with Crippen molar-refractivity contribution in [2.45, 2.75) is 64.4 Å². The molecule has 5 nitrogen and oxygen atoms in total. The molecule has 2 aliphatic rings. The molecule has 0 bridgehead atoms. The fourth-order valence-corrected chi connectivity index (χ4v) is 4.15. The Morgan fingerprint density at radius 1 is 1.35 bits per heavy atom. The number of allylic oxidation sites excluding steroid dienone is 1. The molecule has 23 heavy (non-hydrogen) atoms. The molecule has 0 N–H and O–H groups in total. The number of rotatable bonds is 4. The van der Waals surface area contributed by atoms with Crippen molar-refractivity contribution in [3.8, 4) is 0 Å². The average molecular weight is 342 g/mol. The number of carbonyl (C=O) groups excluding carboxylic acids is 1. The highest BCUT2D eigenvalue weighted by Crippen LogP contribution is 2.40. The summed E-state index contributed by atoms with van der Waals surface area (Å²) >= 11 is 0. The van der Waals surface area contributed by atoms with Gasteiger partial charge >= 0.3 is 6.09 Å². The van der Waals surface area contributed by atoms with Crippen molar-refractivity contribution in [1.82, 2.24) is 4.90 Å². The summed E-state index contributed by atoms with van der Waals surface area (Å²) in [6.45, 7) is 14.5. The SMILES string of the molecule is CO[C@H]1C=C(O[Si](C)(C)C(C)(C)C)C[C@@H](C)[C@@H]1N1CCOC1=O. The molecule has 1 aliphatic carbocycles. The van der Waals surface area contributed by atoms with Crippen LogP contribution in [0.4, 0.5) is 4.79 Å². The van der Waals surface area contributed by atoms with Crippen molar-refractivity contribution in [3.05, 3.63) is 11.8 Å². The average Bonchev–Trinajstić information content (AvgIpc) is 2.82. The van der Waals surface area contributed by atoms with Crippen LogP contribution in [0.25, 0.3) is 0 Å². The highest BCUT2D eigenvalue weighted by molar-refractivity contribution is 6.74. The zero-order valence-corrected chi connectivity index (χ0v) is 16.5. The summed E-state index contributed by atoms with van der Waals surface area (Å²) in [4.78, 5) is 13.7. The number of carbonyl (C=O) groups is 1. The van der Waals surface area contributed by atoms with Gasteiger partial charge in [-0.05, 0) is 30.1 Å². The molecule has 0 spiro atoms. The monoisotopic (exact) mass is 341 g/mol. The van der Waals surface area contributed by atoms with Gasteiger partial charge in [-0.25, -0.2) is 4.79 Å². The van der Waals surface area contributed by atoms with Gasteiger partial charge in [0.25, 0.3) is 0 Å². The molecule has 6 heteroatoms. The summed E-state index contributed by atoms with van der Waals surface area (Å²) in [6, 6.07) is 0.0155. The maximum absolute atomic E-state index is 11.9. The van der Waals surface area contributed by atoms with Crippen molar-refractivity contribution in [2.75, 3.05) is 20.3 Å². The first-order valence-electron chi connectivity index (χ1n) is 8.42. The first-order chi connectivity index (χ1) is 10.6. The highest BCUT2D eigenvalue weighted by Gasteiger charge is 2.44. The Bertz CT molecular complexity index is 483. The number of nitrogens with zero attached hydrogens (tertiary/aromatic N) is 1. The van der Waals surface area contributed by atoms with Crippen LogP contribution in [0.5, 0.6) is 0 Å². The standard InChI is InChI=1S/C17H31NO4Si/c1-12-10-13(22-23(6,7)17(2,3)4)11-14(20-5)15(12)18-8-9-21-16(18)19/h11-12,14-15H,8-10H2,1-7H3/t12-,14+,15+/m1/s1. The molecular weight excluding hydrogens is 310 g/mol. The van der Waals surface area contributed by atoms with Gasteiger partial charge in [0.2, 0.25) is 8.32 Å². The van der Waals surface area contributed by atoms with Gasteiger partial charge in [-0.3, -0.25) is 4.90 Å². The van der Waals surface area contributed by atoms with E-state index in [4.69, 9.17) is 13.9 Å². The number of ether oxygens (including phenoxy) is 2. The topological polar surface area (TPSA) is 48.0 Å². The largest absolute Gasteiger partial charge is 0.547 e. The molecule has 0 unspecified atom stereocenters. The molecule has 1 heterocycles. The summed E-state index contributed by atoms with van der Waals surface area (Å²) in [5, 5.41) is 0.162. The van der Waals surface area contributed by atoms with Crippen LogP contribution in [0.3, 0.4) is 0 Å². The predicted octanol–water partition coefficient (Wildman–Crippen LogP) is 3.77. The zero-order valence-electron chi connectivity index (χ0n) is 15.5. The quantitative estimate of drug-likeness (QED) is 0.730. The molecule has 0 aromatic rings. The van der Waals surface area contributed by atoms with Crippen molar-refractivity contribution in [1.29, 1.82) is 0 Å². The summed E-state index contributed by atoms with van der Waals surface area (Å²) in [6.07, 6.45) is 2.52. The first kappa shape index (κ1) is 18.3. The summed E-state index contributed by atoms with van der Waals surface area (Å²) in [5.74, 6) is 1.29. The second-order valence-corrected chi connectivity index (χ2v) is 12.9. The third-order valence-electron chi connectivity index (χ3n) is 5.41. The number of hydrogen-bond acceptors (Lipinski definition) is 4. The molecule has 0 radical (unpaired) electrons. The molecular formula is C17H31NO4Si. The van der Waals surface area contributed by atoms with E-state index < -0.39 is 8.32 Å². The molecule has 3 atom stereocenters. The van der Waals surface area contributed by atoms with Crippen molar-refractivity contribution in [3.63, 3.8) is 0 Å². The van der Waals surface area contributed by atoms with Crippen LogP contribution in [0.15, 0.2) is 11.8 Å². The van der Waals surface area contributed by atoms with Crippen LogP contribution in [-0.4, -0.2) is 51.7 Å². The molecule has 0 aromatic carbocycles. The third kappa shape index (κ3) is 3.74. The van der Waals surface area contributed by atoms with Gasteiger partial charge in [-0.2, -0.15) is 0 Å². The lowest BCUT2D eigenvalue weighted by molar-refractivity contribution is 0.0250. The number of amides is 1. The zero-order chi connectivity index (χ0) is 17.4. The first-order valence-corrected chi connectivity index (χ1v) is 11.3. The molecule has 132 valence electrons. The van der Waals surface area contributed by atoms with Crippen LogP contribution in [-0.2, 0) is 13.9 Å².